The van der Waals surface area contributed by atoms with Gasteiger partial charge in [-0.2, -0.15) is 0 Å². The minimum atomic E-state index is -3.91. The summed E-state index contributed by atoms with van der Waals surface area (Å²) in [6.45, 7) is -0.0475. The van der Waals surface area contributed by atoms with Gasteiger partial charge in [0.15, 0.2) is 0 Å². The quantitative estimate of drug-likeness (QED) is 0.526. The SMILES string of the molecule is COc1ccccc1COC(=O)c1cc(S(=O)(=O)N(C)OC)ccc1Cl. The molecule has 0 atom stereocenters. The van der Waals surface area contributed by atoms with Crippen LogP contribution in [0.3, 0.4) is 0 Å². The molecule has 0 saturated heterocycles. The van der Waals surface area contributed by atoms with Crippen molar-refractivity contribution in [1.29, 1.82) is 0 Å². The summed E-state index contributed by atoms with van der Waals surface area (Å²) in [7, 11) is 0.0550. The number of hydrogen-bond donors (Lipinski definition) is 0. The number of para-hydroxylation sites is 1. The molecule has 0 amide bonds. The molecule has 0 radical (unpaired) electrons. The second-order valence-electron chi connectivity index (χ2n) is 5.13. The van der Waals surface area contributed by atoms with Crippen LogP contribution in [0.25, 0.3) is 0 Å². The molecule has 9 heteroatoms. The maximum Gasteiger partial charge on any atom is 0.340 e. The van der Waals surface area contributed by atoms with Gasteiger partial charge in [-0.25, -0.2) is 13.2 Å². The number of hydroxylamine groups is 1. The Kier molecular flexibility index (Phi) is 6.60. The maximum atomic E-state index is 12.4. The third-order valence-electron chi connectivity index (χ3n) is 3.60. The third-order valence-corrected chi connectivity index (χ3v) is 5.61. The summed E-state index contributed by atoms with van der Waals surface area (Å²) in [4.78, 5) is 16.9. The van der Waals surface area contributed by atoms with Crippen molar-refractivity contribution in [1.82, 2.24) is 4.47 Å². The number of rotatable bonds is 7. The number of carbonyl (C=O) groups excluding carboxylic acids is 1. The second kappa shape index (κ2) is 8.50. The lowest BCUT2D eigenvalue weighted by Crippen LogP contribution is -2.26. The van der Waals surface area contributed by atoms with Gasteiger partial charge in [-0.15, -0.1) is 0 Å². The topological polar surface area (TPSA) is 82.1 Å². The van der Waals surface area contributed by atoms with Crippen molar-refractivity contribution in [3.63, 3.8) is 0 Å². The monoisotopic (exact) mass is 399 g/mol. The summed E-state index contributed by atoms with van der Waals surface area (Å²) >= 11 is 6.03. The van der Waals surface area contributed by atoms with E-state index in [0.717, 1.165) is 6.07 Å². The molecule has 0 spiro atoms. The van der Waals surface area contributed by atoms with Gasteiger partial charge in [-0.3, -0.25) is 4.84 Å². The summed E-state index contributed by atoms with van der Waals surface area (Å²) < 4.78 is 35.7. The smallest absolute Gasteiger partial charge is 0.340 e. The summed E-state index contributed by atoms with van der Waals surface area (Å²) in [5.41, 5.74) is 0.606. The zero-order valence-corrected chi connectivity index (χ0v) is 16.0. The average molecular weight is 400 g/mol. The Morgan fingerprint density at radius 1 is 1.15 bits per heavy atom. The van der Waals surface area contributed by atoms with Gasteiger partial charge in [-0.1, -0.05) is 34.3 Å². The first-order valence-corrected chi connectivity index (χ1v) is 9.24. The average Bonchev–Trinajstić information content (AvgIpc) is 2.65. The molecule has 26 heavy (non-hydrogen) atoms. The van der Waals surface area contributed by atoms with Crippen molar-refractivity contribution >= 4 is 27.6 Å². The lowest BCUT2D eigenvalue weighted by atomic mass is 10.2. The molecular formula is C17H18ClNO6S. The van der Waals surface area contributed by atoms with Crippen LogP contribution < -0.4 is 4.74 Å². The molecule has 2 rings (SSSR count). The molecule has 2 aromatic rings. The van der Waals surface area contributed by atoms with Crippen LogP contribution in [-0.4, -0.2) is 40.1 Å². The molecule has 0 aliphatic heterocycles. The van der Waals surface area contributed by atoms with Gasteiger partial charge < -0.3 is 9.47 Å². The summed E-state index contributed by atoms with van der Waals surface area (Å²) in [6, 6.07) is 10.8. The van der Waals surface area contributed by atoms with Crippen molar-refractivity contribution in [2.45, 2.75) is 11.5 Å². The van der Waals surface area contributed by atoms with Crippen molar-refractivity contribution in [3.8, 4) is 5.75 Å². The number of ether oxygens (including phenoxy) is 2. The van der Waals surface area contributed by atoms with E-state index < -0.39 is 16.0 Å². The van der Waals surface area contributed by atoms with Crippen molar-refractivity contribution < 1.29 is 27.5 Å². The van der Waals surface area contributed by atoms with Crippen LogP contribution in [-0.2, 0) is 26.2 Å². The van der Waals surface area contributed by atoms with E-state index >= 15 is 0 Å². The highest BCUT2D eigenvalue weighted by molar-refractivity contribution is 7.89. The number of esters is 1. The fraction of sp³-hybridized carbons (Fsp3) is 0.235. The largest absolute Gasteiger partial charge is 0.496 e. The summed E-state index contributed by atoms with van der Waals surface area (Å²) in [6.07, 6.45) is 0. The molecule has 0 heterocycles. The number of sulfonamides is 1. The number of hydrogen-bond acceptors (Lipinski definition) is 6. The highest BCUT2D eigenvalue weighted by Crippen LogP contribution is 2.24. The molecule has 0 N–H and O–H groups in total. The lowest BCUT2D eigenvalue weighted by Gasteiger charge is -2.15. The summed E-state index contributed by atoms with van der Waals surface area (Å²) in [5, 5.41) is 0.0778. The highest BCUT2D eigenvalue weighted by Gasteiger charge is 2.24. The number of halogens is 1. The van der Waals surface area contributed by atoms with E-state index in [1.165, 1.54) is 33.4 Å². The predicted molar refractivity (Wildman–Crippen MR) is 95.5 cm³/mol. The first-order chi connectivity index (χ1) is 12.3. The predicted octanol–water partition coefficient (Wildman–Crippen LogP) is 2.89. The van der Waals surface area contributed by atoms with Crippen LogP contribution in [0.1, 0.15) is 15.9 Å². The fourth-order valence-corrected chi connectivity index (χ4v) is 3.31. The minimum Gasteiger partial charge on any atom is -0.496 e. The first-order valence-electron chi connectivity index (χ1n) is 7.43. The number of benzene rings is 2. The normalized spacial score (nSPS) is 11.4. The third kappa shape index (κ3) is 4.34. The molecule has 140 valence electrons. The van der Waals surface area contributed by atoms with E-state index in [0.29, 0.717) is 15.8 Å². The Morgan fingerprint density at radius 3 is 2.50 bits per heavy atom. The zero-order valence-electron chi connectivity index (χ0n) is 14.4. The van der Waals surface area contributed by atoms with Crippen molar-refractivity contribution in [2.24, 2.45) is 0 Å². The van der Waals surface area contributed by atoms with E-state index in [2.05, 4.69) is 0 Å². The Morgan fingerprint density at radius 2 is 1.85 bits per heavy atom. The molecule has 0 aliphatic carbocycles. The number of methoxy groups -OCH3 is 1. The molecule has 0 aliphatic rings. The van der Waals surface area contributed by atoms with E-state index in [1.54, 1.807) is 24.3 Å². The Balaban J connectivity index is 2.25. The van der Waals surface area contributed by atoms with E-state index in [-0.39, 0.29) is 22.1 Å². The number of carbonyl (C=O) groups is 1. The number of nitrogens with zero attached hydrogens (tertiary/aromatic N) is 1. The molecule has 0 unspecified atom stereocenters. The molecule has 0 aromatic heterocycles. The second-order valence-corrected chi connectivity index (χ2v) is 7.47. The van der Waals surface area contributed by atoms with Crippen LogP contribution >= 0.6 is 11.6 Å². The van der Waals surface area contributed by atoms with E-state index in [9.17, 15) is 13.2 Å². The maximum absolute atomic E-state index is 12.4. The van der Waals surface area contributed by atoms with Crippen LogP contribution in [0.4, 0.5) is 0 Å². The van der Waals surface area contributed by atoms with Crippen LogP contribution in [0.2, 0.25) is 5.02 Å². The van der Waals surface area contributed by atoms with Gasteiger partial charge in [-0.05, 0) is 24.3 Å². The minimum absolute atomic E-state index is 0.0475. The van der Waals surface area contributed by atoms with Gasteiger partial charge >= 0.3 is 5.97 Å². The summed E-state index contributed by atoms with van der Waals surface area (Å²) in [5.74, 6) is -0.178. The zero-order chi connectivity index (χ0) is 19.3. The molecule has 0 bridgehead atoms. The Bertz CT molecular complexity index is 900. The van der Waals surface area contributed by atoms with Gasteiger partial charge in [0.05, 0.1) is 29.7 Å². The van der Waals surface area contributed by atoms with Crippen molar-refractivity contribution in [3.05, 3.63) is 58.6 Å². The van der Waals surface area contributed by atoms with Crippen LogP contribution in [0.5, 0.6) is 5.75 Å². The molecule has 0 saturated carbocycles. The van der Waals surface area contributed by atoms with Gasteiger partial charge in [0.1, 0.15) is 12.4 Å². The molecule has 0 fully saturated rings. The standard InChI is InChI=1S/C17H18ClNO6S/c1-19(24-3)26(21,22)13-8-9-15(18)14(10-13)17(20)25-11-12-6-4-5-7-16(12)23-2/h4-10H,11H2,1-3H3. The van der Waals surface area contributed by atoms with E-state index in [4.69, 9.17) is 25.9 Å². The molecule has 2 aromatic carbocycles. The van der Waals surface area contributed by atoms with Gasteiger partial charge in [0, 0.05) is 12.6 Å². The van der Waals surface area contributed by atoms with Crippen molar-refractivity contribution in [2.75, 3.05) is 21.3 Å². The highest BCUT2D eigenvalue weighted by atomic mass is 35.5. The fourth-order valence-electron chi connectivity index (χ4n) is 2.11. The lowest BCUT2D eigenvalue weighted by molar-refractivity contribution is -0.0258. The van der Waals surface area contributed by atoms with Gasteiger partial charge in [0.25, 0.3) is 10.0 Å². The van der Waals surface area contributed by atoms with E-state index in [1.807, 2.05) is 0 Å². The Labute approximate surface area is 157 Å². The molecular weight excluding hydrogens is 382 g/mol. The first kappa shape index (κ1) is 20.2. The van der Waals surface area contributed by atoms with Crippen LogP contribution in [0, 0.1) is 0 Å². The van der Waals surface area contributed by atoms with Crippen LogP contribution in [0.15, 0.2) is 47.4 Å². The van der Waals surface area contributed by atoms with Gasteiger partial charge in [0.2, 0.25) is 0 Å². The Hall–Kier alpha value is -2.13. The molecule has 7 nitrogen and oxygen atoms in total.